The summed E-state index contributed by atoms with van der Waals surface area (Å²) in [5.74, 6) is 0.454. The summed E-state index contributed by atoms with van der Waals surface area (Å²) in [6.45, 7) is 0.917. The molecule has 158 valence electrons. The van der Waals surface area contributed by atoms with Crippen molar-refractivity contribution in [3.8, 4) is 0 Å². The van der Waals surface area contributed by atoms with Crippen molar-refractivity contribution in [3.63, 3.8) is 0 Å². The van der Waals surface area contributed by atoms with Gasteiger partial charge >= 0.3 is 0 Å². The topological polar surface area (TPSA) is 56.0 Å². The first-order valence-electron chi connectivity index (χ1n) is 10.6. The molecule has 2 aliphatic rings. The Morgan fingerprint density at radius 1 is 1.20 bits per heavy atom. The van der Waals surface area contributed by atoms with Crippen LogP contribution in [0.5, 0.6) is 0 Å². The van der Waals surface area contributed by atoms with Gasteiger partial charge in [0.15, 0.2) is 0 Å². The predicted octanol–water partition coefficient (Wildman–Crippen LogP) is 3.22. The fraction of sp³-hybridized carbons (Fsp3) is 0.500. The molecule has 2 aromatic heterocycles. The van der Waals surface area contributed by atoms with Gasteiger partial charge in [-0.1, -0.05) is 12.1 Å². The molecule has 1 aliphatic heterocycles. The zero-order valence-electron chi connectivity index (χ0n) is 17.0. The minimum Gasteiger partial charge on any atom is -0.289 e. The molecule has 0 amide bonds. The van der Waals surface area contributed by atoms with Crippen LogP contribution in [0, 0.1) is 0 Å². The maximum absolute atomic E-state index is 13.4. The summed E-state index contributed by atoms with van der Waals surface area (Å²) in [6.07, 6.45) is 2.33. The first kappa shape index (κ1) is 19.4. The second-order valence-electron chi connectivity index (χ2n) is 8.27. The van der Waals surface area contributed by atoms with E-state index in [0.717, 1.165) is 38.6 Å². The number of hydrogen-bond acceptors (Lipinski definition) is 4. The number of benzene rings is 1. The highest BCUT2D eigenvalue weighted by atomic mass is 19.3. The highest BCUT2D eigenvalue weighted by molar-refractivity contribution is 5.77. The quantitative estimate of drug-likeness (QED) is 0.645. The summed E-state index contributed by atoms with van der Waals surface area (Å²) >= 11 is 0. The Labute approximate surface area is 173 Å². The Morgan fingerprint density at radius 3 is 2.87 bits per heavy atom. The van der Waals surface area contributed by atoms with Gasteiger partial charge in [-0.3, -0.25) is 18.9 Å². The van der Waals surface area contributed by atoms with Gasteiger partial charge in [-0.05, 0) is 56.3 Å². The highest BCUT2D eigenvalue weighted by Gasteiger charge is 2.33. The zero-order chi connectivity index (χ0) is 20.8. The molecule has 6 nitrogen and oxygen atoms in total. The van der Waals surface area contributed by atoms with Crippen molar-refractivity contribution in [2.24, 2.45) is 7.05 Å². The van der Waals surface area contributed by atoms with Gasteiger partial charge < -0.3 is 0 Å². The fourth-order valence-corrected chi connectivity index (χ4v) is 5.04. The van der Waals surface area contributed by atoms with Crippen LogP contribution in [-0.4, -0.2) is 37.2 Å². The molecule has 1 aliphatic carbocycles. The molecule has 30 heavy (non-hydrogen) atoms. The van der Waals surface area contributed by atoms with Crippen molar-refractivity contribution < 1.29 is 8.78 Å². The normalized spacial score (nSPS) is 19.3. The van der Waals surface area contributed by atoms with Crippen LogP contribution in [0.15, 0.2) is 29.1 Å². The third-order valence-electron chi connectivity index (χ3n) is 6.42. The second-order valence-corrected chi connectivity index (χ2v) is 8.27. The number of likely N-dealkylation sites (tertiary alicyclic amines) is 1. The number of fused-ring (bicyclic) bond motifs is 2. The fourth-order valence-electron chi connectivity index (χ4n) is 5.04. The summed E-state index contributed by atoms with van der Waals surface area (Å²) in [7, 11) is 1.97. The molecule has 0 saturated carbocycles. The van der Waals surface area contributed by atoms with E-state index < -0.39 is 13.0 Å². The molecule has 0 radical (unpaired) electrons. The van der Waals surface area contributed by atoms with Crippen LogP contribution < -0.4 is 5.56 Å². The Morgan fingerprint density at radius 2 is 2.03 bits per heavy atom. The van der Waals surface area contributed by atoms with Gasteiger partial charge in [0.2, 0.25) is 0 Å². The van der Waals surface area contributed by atoms with Crippen molar-refractivity contribution >= 4 is 10.9 Å². The van der Waals surface area contributed by atoms with Crippen molar-refractivity contribution in [1.82, 2.24) is 24.2 Å². The minimum absolute atomic E-state index is 0.159. The lowest BCUT2D eigenvalue weighted by atomic mass is 10.1. The van der Waals surface area contributed by atoms with Crippen LogP contribution in [0.3, 0.4) is 0 Å². The van der Waals surface area contributed by atoms with Crippen molar-refractivity contribution in [2.45, 2.75) is 57.7 Å². The van der Waals surface area contributed by atoms with Crippen LogP contribution >= 0.6 is 0 Å². The summed E-state index contributed by atoms with van der Waals surface area (Å²) in [5.41, 5.74) is 3.89. The predicted molar refractivity (Wildman–Crippen MR) is 110 cm³/mol. The molecule has 1 atom stereocenters. The van der Waals surface area contributed by atoms with Crippen LogP contribution in [0.2, 0.25) is 0 Å². The summed E-state index contributed by atoms with van der Waals surface area (Å²) < 4.78 is 29.9. The number of rotatable bonds is 5. The van der Waals surface area contributed by atoms with Crippen LogP contribution in [0.25, 0.3) is 10.9 Å². The molecule has 0 spiro atoms. The zero-order valence-corrected chi connectivity index (χ0v) is 17.0. The molecule has 5 rings (SSSR count). The number of nitrogens with zero attached hydrogens (tertiary/aromatic N) is 5. The van der Waals surface area contributed by atoms with Gasteiger partial charge in [-0.2, -0.15) is 5.10 Å². The molecular formula is C22H25F2N5O. The molecule has 1 aromatic carbocycles. The van der Waals surface area contributed by atoms with Crippen LogP contribution in [0.1, 0.15) is 48.1 Å². The number of aryl methyl sites for hydroxylation is 2. The number of para-hydroxylation sites is 1. The number of hydrogen-bond donors (Lipinski definition) is 0. The van der Waals surface area contributed by atoms with E-state index in [1.54, 1.807) is 18.2 Å². The van der Waals surface area contributed by atoms with Crippen molar-refractivity contribution in [3.05, 3.63) is 57.4 Å². The van der Waals surface area contributed by atoms with E-state index in [4.69, 9.17) is 4.98 Å². The molecule has 0 bridgehead atoms. The third-order valence-corrected chi connectivity index (χ3v) is 6.42. The first-order valence-corrected chi connectivity index (χ1v) is 10.6. The smallest absolute Gasteiger partial charge is 0.261 e. The third kappa shape index (κ3) is 3.23. The average Bonchev–Trinajstić information content (AvgIpc) is 3.42. The molecular weight excluding hydrogens is 388 g/mol. The SMILES string of the molecule is Cn1nc2c(c1CN1CCCC1c1nc3ccccc3c(=O)n1CC(F)F)CCC2. The standard InChI is InChI=1S/C22H25F2N5O/c1-27-19(14-7-4-9-17(14)26-27)12-28-11-5-10-18(28)21-25-16-8-3-2-6-15(16)22(30)29(21)13-20(23)24/h2-3,6,8,18,20H,4-5,7,9-13H2,1H3. The summed E-state index contributed by atoms with van der Waals surface area (Å²) in [4.78, 5) is 20.0. The van der Waals surface area contributed by atoms with E-state index >= 15 is 0 Å². The monoisotopic (exact) mass is 413 g/mol. The van der Waals surface area contributed by atoms with E-state index in [0.29, 0.717) is 23.3 Å². The highest BCUT2D eigenvalue weighted by Crippen LogP contribution is 2.34. The number of aromatic nitrogens is 4. The number of alkyl halides is 2. The van der Waals surface area contributed by atoms with Gasteiger partial charge in [-0.25, -0.2) is 13.8 Å². The summed E-state index contributed by atoms with van der Waals surface area (Å²) in [6, 6.07) is 6.83. The molecule has 3 heterocycles. The van der Waals surface area contributed by atoms with Gasteiger partial charge in [-0.15, -0.1) is 0 Å². The first-order chi connectivity index (χ1) is 14.5. The lowest BCUT2D eigenvalue weighted by molar-refractivity contribution is 0.120. The Kier molecular flexibility index (Phi) is 4.89. The average molecular weight is 413 g/mol. The Bertz CT molecular complexity index is 1150. The molecule has 0 N–H and O–H groups in total. The largest absolute Gasteiger partial charge is 0.289 e. The van der Waals surface area contributed by atoms with Gasteiger partial charge in [0.25, 0.3) is 12.0 Å². The van der Waals surface area contributed by atoms with Gasteiger partial charge in [0.1, 0.15) is 5.82 Å². The molecule has 1 saturated heterocycles. The Hall–Kier alpha value is -2.61. The van der Waals surface area contributed by atoms with E-state index in [2.05, 4.69) is 10.00 Å². The van der Waals surface area contributed by atoms with E-state index in [-0.39, 0.29) is 11.6 Å². The lowest BCUT2D eigenvalue weighted by Crippen LogP contribution is -2.34. The summed E-state index contributed by atoms with van der Waals surface area (Å²) in [5, 5.41) is 5.05. The van der Waals surface area contributed by atoms with Gasteiger partial charge in [0.05, 0.1) is 34.9 Å². The minimum atomic E-state index is -2.61. The second kappa shape index (κ2) is 7.58. The van der Waals surface area contributed by atoms with Gasteiger partial charge in [0, 0.05) is 13.6 Å². The lowest BCUT2D eigenvalue weighted by Gasteiger charge is -2.27. The van der Waals surface area contributed by atoms with Crippen molar-refractivity contribution in [1.29, 1.82) is 0 Å². The van der Waals surface area contributed by atoms with E-state index in [9.17, 15) is 13.6 Å². The van der Waals surface area contributed by atoms with Crippen molar-refractivity contribution in [2.75, 3.05) is 6.54 Å². The number of halogens is 2. The van der Waals surface area contributed by atoms with E-state index in [1.165, 1.54) is 21.5 Å². The van der Waals surface area contributed by atoms with Crippen LogP contribution in [0.4, 0.5) is 8.78 Å². The van der Waals surface area contributed by atoms with E-state index in [1.807, 2.05) is 17.8 Å². The molecule has 1 unspecified atom stereocenters. The van der Waals surface area contributed by atoms with Crippen LogP contribution in [-0.2, 0) is 33.0 Å². The maximum atomic E-state index is 13.4. The maximum Gasteiger partial charge on any atom is 0.261 e. The Balaban J connectivity index is 1.56. The molecule has 3 aromatic rings. The molecule has 1 fully saturated rings. The molecule has 8 heteroatoms.